The summed E-state index contributed by atoms with van der Waals surface area (Å²) in [5.74, 6) is 1.14. The first kappa shape index (κ1) is 17.1. The minimum atomic E-state index is -0.572. The van der Waals surface area contributed by atoms with Gasteiger partial charge in [-0.25, -0.2) is 4.98 Å². The molecule has 3 heterocycles. The summed E-state index contributed by atoms with van der Waals surface area (Å²) in [4.78, 5) is 4.54. The average molecular weight is 327 g/mol. The predicted molar refractivity (Wildman–Crippen MR) is 81.6 cm³/mol. The molecule has 1 unspecified atom stereocenters. The molecule has 2 aliphatic heterocycles. The lowest BCUT2D eigenvalue weighted by molar-refractivity contribution is 0.0608. The number of fused-ring (bicyclic) bond motifs is 1. The first-order valence-corrected chi connectivity index (χ1v) is 7.06. The molecule has 0 aromatic carbocycles. The normalized spacial score (nSPS) is 24.7. The number of nitrogens with one attached hydrogen (secondary N) is 2. The van der Waals surface area contributed by atoms with Crippen molar-refractivity contribution >= 4 is 36.6 Å². The van der Waals surface area contributed by atoms with Gasteiger partial charge in [0.15, 0.2) is 5.16 Å². The van der Waals surface area contributed by atoms with E-state index in [4.69, 9.17) is 0 Å². The molecule has 0 bridgehead atoms. The second-order valence-electron chi connectivity index (χ2n) is 4.81. The molecule has 1 atom stereocenters. The van der Waals surface area contributed by atoms with E-state index >= 15 is 0 Å². The molecular formula is C11H20Cl2N4OS. The van der Waals surface area contributed by atoms with E-state index in [9.17, 15) is 5.11 Å². The summed E-state index contributed by atoms with van der Waals surface area (Å²) in [6.45, 7) is 4.04. The molecule has 1 aromatic rings. The minimum absolute atomic E-state index is 0. The molecule has 110 valence electrons. The molecule has 3 N–H and O–H groups in total. The Morgan fingerprint density at radius 2 is 2.37 bits per heavy atom. The third-order valence-corrected chi connectivity index (χ3v) is 4.31. The van der Waals surface area contributed by atoms with Crippen molar-refractivity contribution in [3.63, 3.8) is 0 Å². The molecule has 0 radical (unpaired) electrons. The Kier molecular flexibility index (Phi) is 6.42. The number of aromatic nitrogens is 2. The Labute approximate surface area is 129 Å². The molecule has 5 nitrogen and oxygen atoms in total. The monoisotopic (exact) mass is 326 g/mol. The van der Waals surface area contributed by atoms with Gasteiger partial charge in [0.05, 0.1) is 11.3 Å². The standard InChI is InChI=1S/C11H18N4OS.2ClH/c16-11(1-2-12-7-11)8-13-5-9-6-15-3-4-17-10(15)14-9;;/h6,12-13,16H,1-5,7-8H2;2*1H. The van der Waals surface area contributed by atoms with Crippen molar-refractivity contribution in [3.05, 3.63) is 11.9 Å². The molecular weight excluding hydrogens is 307 g/mol. The van der Waals surface area contributed by atoms with Crippen LogP contribution < -0.4 is 10.6 Å². The fraction of sp³-hybridized carbons (Fsp3) is 0.727. The molecule has 1 fully saturated rings. The summed E-state index contributed by atoms with van der Waals surface area (Å²) < 4.78 is 2.20. The van der Waals surface area contributed by atoms with E-state index in [1.54, 1.807) is 0 Å². The lowest BCUT2D eigenvalue weighted by Gasteiger charge is -2.21. The maximum atomic E-state index is 10.1. The van der Waals surface area contributed by atoms with E-state index in [0.29, 0.717) is 13.1 Å². The second-order valence-corrected chi connectivity index (χ2v) is 5.87. The van der Waals surface area contributed by atoms with E-state index in [1.165, 1.54) is 0 Å². The van der Waals surface area contributed by atoms with Crippen LogP contribution in [-0.2, 0) is 13.1 Å². The minimum Gasteiger partial charge on any atom is -0.387 e. The summed E-state index contributed by atoms with van der Waals surface area (Å²) in [6, 6.07) is 0. The van der Waals surface area contributed by atoms with Crippen molar-refractivity contribution < 1.29 is 5.11 Å². The molecule has 1 aromatic heterocycles. The zero-order valence-corrected chi connectivity index (χ0v) is 13.0. The summed E-state index contributed by atoms with van der Waals surface area (Å²) in [6.07, 6.45) is 2.94. The van der Waals surface area contributed by atoms with Gasteiger partial charge < -0.3 is 20.3 Å². The van der Waals surface area contributed by atoms with Crippen LogP contribution in [0.2, 0.25) is 0 Å². The van der Waals surface area contributed by atoms with Gasteiger partial charge in [-0.15, -0.1) is 24.8 Å². The molecule has 2 aliphatic rings. The lowest BCUT2D eigenvalue weighted by Crippen LogP contribution is -2.42. The number of halogens is 2. The van der Waals surface area contributed by atoms with Gasteiger partial charge in [0.25, 0.3) is 0 Å². The molecule has 0 saturated carbocycles. The molecule has 1 saturated heterocycles. The van der Waals surface area contributed by atoms with Crippen molar-refractivity contribution in [1.29, 1.82) is 0 Å². The molecule has 19 heavy (non-hydrogen) atoms. The summed E-state index contributed by atoms with van der Waals surface area (Å²) in [7, 11) is 0. The van der Waals surface area contributed by atoms with Gasteiger partial charge in [-0.2, -0.15) is 0 Å². The number of rotatable bonds is 4. The van der Waals surface area contributed by atoms with Crippen LogP contribution in [0.1, 0.15) is 12.1 Å². The Morgan fingerprint density at radius 1 is 1.53 bits per heavy atom. The number of hydrogen-bond acceptors (Lipinski definition) is 5. The lowest BCUT2D eigenvalue weighted by atomic mass is 10.0. The predicted octanol–water partition coefficient (Wildman–Crippen LogP) is 0.646. The first-order chi connectivity index (χ1) is 8.25. The van der Waals surface area contributed by atoms with Crippen LogP contribution >= 0.6 is 36.6 Å². The Hall–Kier alpha value is 0.0200. The third-order valence-electron chi connectivity index (χ3n) is 3.33. The van der Waals surface area contributed by atoms with Crippen molar-refractivity contribution in [1.82, 2.24) is 20.2 Å². The molecule has 8 heteroatoms. The number of hydrogen-bond donors (Lipinski definition) is 3. The largest absolute Gasteiger partial charge is 0.387 e. The fourth-order valence-electron chi connectivity index (χ4n) is 2.35. The quantitative estimate of drug-likeness (QED) is 0.758. The summed E-state index contributed by atoms with van der Waals surface area (Å²) >= 11 is 1.81. The van der Waals surface area contributed by atoms with E-state index in [-0.39, 0.29) is 24.8 Å². The van der Waals surface area contributed by atoms with Gasteiger partial charge in [0.1, 0.15) is 0 Å². The molecule has 0 aliphatic carbocycles. The Balaban J connectivity index is 0.000000902. The summed E-state index contributed by atoms with van der Waals surface area (Å²) in [5, 5.41) is 17.7. The topological polar surface area (TPSA) is 62.1 Å². The zero-order chi connectivity index (χ0) is 11.7. The first-order valence-electron chi connectivity index (χ1n) is 6.08. The van der Waals surface area contributed by atoms with Crippen LogP contribution in [0.3, 0.4) is 0 Å². The maximum absolute atomic E-state index is 10.1. The van der Waals surface area contributed by atoms with E-state index in [2.05, 4.69) is 26.4 Å². The number of β-amino-alcohol motifs (C(OH)–C–C–N with tert-alkyl or cyclic N) is 1. The number of aryl methyl sites for hydroxylation is 1. The maximum Gasteiger partial charge on any atom is 0.168 e. The van der Waals surface area contributed by atoms with Crippen LogP contribution in [-0.4, -0.2) is 45.6 Å². The Morgan fingerprint density at radius 3 is 3.05 bits per heavy atom. The number of aliphatic hydroxyl groups is 1. The van der Waals surface area contributed by atoms with E-state index < -0.39 is 5.60 Å². The van der Waals surface area contributed by atoms with Crippen molar-refractivity contribution in [2.45, 2.75) is 30.3 Å². The van der Waals surface area contributed by atoms with Gasteiger partial charge in [-0.3, -0.25) is 0 Å². The van der Waals surface area contributed by atoms with Gasteiger partial charge in [0, 0.05) is 38.1 Å². The molecule has 3 rings (SSSR count). The number of imidazole rings is 1. The van der Waals surface area contributed by atoms with E-state index in [1.807, 2.05) is 11.8 Å². The van der Waals surface area contributed by atoms with Crippen LogP contribution in [0, 0.1) is 0 Å². The van der Waals surface area contributed by atoms with Crippen molar-refractivity contribution in [2.24, 2.45) is 0 Å². The van der Waals surface area contributed by atoms with Crippen LogP contribution in [0.5, 0.6) is 0 Å². The third kappa shape index (κ3) is 4.00. The van der Waals surface area contributed by atoms with E-state index in [0.717, 1.165) is 42.7 Å². The van der Waals surface area contributed by atoms with Gasteiger partial charge in [-0.05, 0) is 13.0 Å². The Bertz CT molecular complexity index is 388. The molecule has 0 amide bonds. The van der Waals surface area contributed by atoms with Crippen molar-refractivity contribution in [3.8, 4) is 0 Å². The van der Waals surface area contributed by atoms with Crippen LogP contribution in [0.25, 0.3) is 0 Å². The van der Waals surface area contributed by atoms with Gasteiger partial charge in [0.2, 0.25) is 0 Å². The second kappa shape index (κ2) is 7.15. The SMILES string of the molecule is Cl.Cl.OC1(CNCc2cn3c(n2)SCC3)CCNC1. The van der Waals surface area contributed by atoms with Gasteiger partial charge >= 0.3 is 0 Å². The zero-order valence-electron chi connectivity index (χ0n) is 10.6. The number of thioether (sulfide) groups is 1. The van der Waals surface area contributed by atoms with Crippen molar-refractivity contribution in [2.75, 3.05) is 25.4 Å². The molecule has 0 spiro atoms. The fourth-order valence-corrected chi connectivity index (χ4v) is 3.31. The smallest absolute Gasteiger partial charge is 0.168 e. The summed E-state index contributed by atoms with van der Waals surface area (Å²) in [5.41, 5.74) is 0.499. The van der Waals surface area contributed by atoms with Gasteiger partial charge in [-0.1, -0.05) is 11.8 Å². The highest BCUT2D eigenvalue weighted by atomic mass is 35.5. The highest BCUT2D eigenvalue weighted by molar-refractivity contribution is 7.99. The number of nitrogens with zero attached hydrogens (tertiary/aromatic N) is 2. The highest BCUT2D eigenvalue weighted by Crippen LogP contribution is 2.24. The average Bonchev–Trinajstić information content (AvgIpc) is 2.93. The highest BCUT2D eigenvalue weighted by Gasteiger charge is 2.30. The van der Waals surface area contributed by atoms with Crippen LogP contribution in [0.15, 0.2) is 11.4 Å². The van der Waals surface area contributed by atoms with Crippen LogP contribution in [0.4, 0.5) is 0 Å².